The van der Waals surface area contributed by atoms with Crippen molar-refractivity contribution in [3.63, 3.8) is 0 Å². The number of rotatable bonds is 8. The van der Waals surface area contributed by atoms with Crippen molar-refractivity contribution in [3.05, 3.63) is 34.1 Å². The van der Waals surface area contributed by atoms with Gasteiger partial charge in [0.2, 0.25) is 5.91 Å². The molecule has 4 rings (SSSR count). The fraction of sp³-hybridized carbons (Fsp3) is 0.640. The van der Waals surface area contributed by atoms with E-state index in [1.165, 1.54) is 11.1 Å². The molecule has 0 saturated carbocycles. The maximum absolute atomic E-state index is 13.3. The van der Waals surface area contributed by atoms with E-state index >= 15 is 0 Å². The molecule has 33 heavy (non-hydrogen) atoms. The zero-order chi connectivity index (χ0) is 23.7. The van der Waals surface area contributed by atoms with Gasteiger partial charge in [-0.15, -0.1) is 0 Å². The van der Waals surface area contributed by atoms with E-state index < -0.39 is 6.04 Å². The van der Waals surface area contributed by atoms with Crippen LogP contribution in [0.5, 0.6) is 0 Å². The van der Waals surface area contributed by atoms with E-state index in [1.807, 2.05) is 31.2 Å². The van der Waals surface area contributed by atoms with Gasteiger partial charge in [0.25, 0.3) is 5.56 Å². The van der Waals surface area contributed by atoms with Crippen molar-refractivity contribution in [3.8, 4) is 0 Å². The maximum Gasteiger partial charge on any atom is 0.291 e. The minimum absolute atomic E-state index is 0.148. The number of carbonyl (C=O) groups is 1. The van der Waals surface area contributed by atoms with Crippen molar-refractivity contribution >= 4 is 22.5 Å². The smallest absolute Gasteiger partial charge is 0.291 e. The van der Waals surface area contributed by atoms with E-state index in [0.29, 0.717) is 30.5 Å². The topological polar surface area (TPSA) is 84.8 Å². The van der Waals surface area contributed by atoms with Crippen LogP contribution in [0.2, 0.25) is 0 Å². The molecule has 0 bridgehead atoms. The number of aryl methyl sites for hydroxylation is 2. The van der Waals surface area contributed by atoms with Gasteiger partial charge in [0.1, 0.15) is 23.1 Å². The molecule has 3 atom stereocenters. The molecule has 8 nitrogen and oxygen atoms in total. The summed E-state index contributed by atoms with van der Waals surface area (Å²) in [6, 6.07) is 3.04. The molecule has 1 aliphatic heterocycles. The summed E-state index contributed by atoms with van der Waals surface area (Å²) in [4.78, 5) is 28.8. The fourth-order valence-electron chi connectivity index (χ4n) is 5.40. The minimum atomic E-state index is -0.634. The first kappa shape index (κ1) is 23.5. The minimum Gasteiger partial charge on any atom is -0.460 e. The number of nitrogens with zero attached hydrogens (tertiary/aromatic N) is 4. The van der Waals surface area contributed by atoms with Crippen LogP contribution in [0.15, 0.2) is 21.3 Å². The second-order valence-corrected chi connectivity index (χ2v) is 9.77. The Morgan fingerprint density at radius 1 is 1.21 bits per heavy atom. The van der Waals surface area contributed by atoms with Crippen LogP contribution in [0.4, 0.5) is 0 Å². The average molecular weight is 456 g/mol. The predicted molar refractivity (Wildman–Crippen MR) is 130 cm³/mol. The molecule has 0 aromatic carbocycles. The first-order chi connectivity index (χ1) is 15.8. The number of likely N-dealkylation sites (tertiary alicyclic amines) is 1. The second kappa shape index (κ2) is 9.71. The lowest BCUT2D eigenvalue weighted by atomic mass is 9.92. The second-order valence-electron chi connectivity index (χ2n) is 9.77. The summed E-state index contributed by atoms with van der Waals surface area (Å²) in [5, 5.41) is 7.66. The van der Waals surface area contributed by atoms with Gasteiger partial charge in [-0.25, -0.2) is 4.68 Å². The summed E-state index contributed by atoms with van der Waals surface area (Å²) in [6.07, 6.45) is 3.33. The van der Waals surface area contributed by atoms with E-state index in [4.69, 9.17) is 4.42 Å². The number of piperidine rings is 1. The van der Waals surface area contributed by atoms with Gasteiger partial charge in [-0.1, -0.05) is 27.7 Å². The molecule has 3 aromatic heterocycles. The first-order valence-electron chi connectivity index (χ1n) is 12.4. The van der Waals surface area contributed by atoms with Crippen molar-refractivity contribution in [1.82, 2.24) is 24.4 Å². The molecule has 4 heterocycles. The molecular weight excluding hydrogens is 418 g/mol. The van der Waals surface area contributed by atoms with E-state index in [2.05, 4.69) is 29.2 Å². The highest BCUT2D eigenvalue weighted by Crippen LogP contribution is 2.24. The van der Waals surface area contributed by atoms with Crippen LogP contribution in [-0.4, -0.2) is 51.2 Å². The number of hydrogen-bond acceptors (Lipinski definition) is 5. The number of furan rings is 1. The molecule has 8 heteroatoms. The normalized spacial score (nSPS) is 20.5. The van der Waals surface area contributed by atoms with Crippen molar-refractivity contribution in [2.24, 2.45) is 11.8 Å². The van der Waals surface area contributed by atoms with Gasteiger partial charge < -0.3 is 14.6 Å². The Bertz CT molecular complexity index is 1180. The third kappa shape index (κ3) is 4.71. The number of fused-ring (bicyclic) bond motifs is 3. The van der Waals surface area contributed by atoms with Crippen LogP contribution < -0.4 is 10.9 Å². The number of nitrogens with one attached hydrogen (secondary N) is 1. The SMILES string of the molecule is CCc1nn([C@H](CC)C(=O)NCCCN2C[C@H](C)C[C@@H](C)C2)c(=O)c2cc3oc(C)cc3n12. The lowest BCUT2D eigenvalue weighted by Gasteiger charge is -2.35. The van der Waals surface area contributed by atoms with Crippen molar-refractivity contribution in [2.75, 3.05) is 26.2 Å². The van der Waals surface area contributed by atoms with Gasteiger partial charge in [0, 0.05) is 38.2 Å². The lowest BCUT2D eigenvalue weighted by Crippen LogP contribution is -2.42. The Kier molecular flexibility index (Phi) is 6.93. The van der Waals surface area contributed by atoms with Gasteiger partial charge in [-0.3, -0.25) is 14.0 Å². The highest BCUT2D eigenvalue weighted by molar-refractivity contribution is 5.83. The van der Waals surface area contributed by atoms with E-state index in [1.54, 1.807) is 6.07 Å². The van der Waals surface area contributed by atoms with Crippen molar-refractivity contribution in [2.45, 2.75) is 66.3 Å². The summed E-state index contributed by atoms with van der Waals surface area (Å²) in [6.45, 7) is 14.3. The van der Waals surface area contributed by atoms with E-state index in [0.717, 1.165) is 55.0 Å². The zero-order valence-electron chi connectivity index (χ0n) is 20.6. The summed E-state index contributed by atoms with van der Waals surface area (Å²) < 4.78 is 8.95. The largest absolute Gasteiger partial charge is 0.460 e. The molecule has 0 radical (unpaired) electrons. The molecule has 0 spiro atoms. The van der Waals surface area contributed by atoms with Crippen LogP contribution in [0.1, 0.15) is 64.6 Å². The predicted octanol–water partition coefficient (Wildman–Crippen LogP) is 3.55. The quantitative estimate of drug-likeness (QED) is 0.525. The fourth-order valence-corrected chi connectivity index (χ4v) is 5.40. The Hall–Kier alpha value is -2.61. The van der Waals surface area contributed by atoms with Crippen molar-refractivity contribution in [1.29, 1.82) is 0 Å². The summed E-state index contributed by atoms with van der Waals surface area (Å²) in [5.74, 6) is 2.84. The molecule has 0 aliphatic carbocycles. The molecule has 1 amide bonds. The number of carbonyl (C=O) groups excluding carboxylic acids is 1. The number of amides is 1. The Morgan fingerprint density at radius 3 is 2.61 bits per heavy atom. The van der Waals surface area contributed by atoms with Crippen LogP contribution in [-0.2, 0) is 11.2 Å². The molecule has 0 unspecified atom stereocenters. The lowest BCUT2D eigenvalue weighted by molar-refractivity contribution is -0.124. The molecule has 180 valence electrons. The molecule has 1 N–H and O–H groups in total. The summed E-state index contributed by atoms with van der Waals surface area (Å²) in [7, 11) is 0. The summed E-state index contributed by atoms with van der Waals surface area (Å²) in [5.41, 5.74) is 1.73. The van der Waals surface area contributed by atoms with Crippen LogP contribution >= 0.6 is 0 Å². The van der Waals surface area contributed by atoms with Crippen LogP contribution in [0.3, 0.4) is 0 Å². The Balaban J connectivity index is 1.48. The Morgan fingerprint density at radius 2 is 1.94 bits per heavy atom. The first-order valence-corrected chi connectivity index (χ1v) is 12.4. The van der Waals surface area contributed by atoms with Crippen LogP contribution in [0.25, 0.3) is 16.6 Å². The third-order valence-corrected chi connectivity index (χ3v) is 6.72. The average Bonchev–Trinajstić information content (AvgIpc) is 3.29. The molecule has 1 saturated heterocycles. The van der Waals surface area contributed by atoms with E-state index in [-0.39, 0.29) is 11.5 Å². The number of aromatic nitrogens is 3. The molecule has 1 aliphatic rings. The van der Waals surface area contributed by atoms with Crippen molar-refractivity contribution < 1.29 is 9.21 Å². The monoisotopic (exact) mass is 455 g/mol. The summed E-state index contributed by atoms with van der Waals surface area (Å²) >= 11 is 0. The molecular formula is C25H37N5O3. The Labute approximate surface area is 194 Å². The van der Waals surface area contributed by atoms with Gasteiger partial charge in [0.15, 0.2) is 5.58 Å². The molecule has 3 aromatic rings. The maximum atomic E-state index is 13.3. The highest BCUT2D eigenvalue weighted by Gasteiger charge is 2.25. The standard InChI is InChI=1S/C25H37N5O3/c1-6-19(24(31)26-9-8-10-28-14-16(3)11-17(4)15-28)30-25(32)21-13-22-20(12-18(5)33-22)29(21)23(7-2)27-30/h12-13,16-17,19H,6-11,14-15H2,1-5H3,(H,26,31)/t16-,17-,19-/m1/s1. The zero-order valence-corrected chi connectivity index (χ0v) is 20.6. The van der Waals surface area contributed by atoms with Gasteiger partial charge in [0.05, 0.1) is 5.52 Å². The molecule has 1 fully saturated rings. The third-order valence-electron chi connectivity index (χ3n) is 6.72. The van der Waals surface area contributed by atoms with Gasteiger partial charge in [-0.05, 0) is 44.6 Å². The van der Waals surface area contributed by atoms with E-state index in [9.17, 15) is 9.59 Å². The van der Waals surface area contributed by atoms with Crippen LogP contribution in [0, 0.1) is 18.8 Å². The number of hydrogen-bond donors (Lipinski definition) is 1. The van der Waals surface area contributed by atoms with Gasteiger partial charge >= 0.3 is 0 Å². The highest BCUT2D eigenvalue weighted by atomic mass is 16.3. The van der Waals surface area contributed by atoms with Gasteiger partial charge in [-0.2, -0.15) is 5.10 Å².